The van der Waals surface area contributed by atoms with Gasteiger partial charge in [0.25, 0.3) is 0 Å². The second kappa shape index (κ2) is 7.55. The van der Waals surface area contributed by atoms with Crippen LogP contribution in [0.4, 0.5) is 5.69 Å². The second-order valence-electron chi connectivity index (χ2n) is 4.15. The second-order valence-corrected chi connectivity index (χ2v) is 4.15. The first-order valence-electron chi connectivity index (χ1n) is 5.91. The highest BCUT2D eigenvalue weighted by Gasteiger charge is 2.06. The van der Waals surface area contributed by atoms with Gasteiger partial charge in [0.05, 0.1) is 19.3 Å². The summed E-state index contributed by atoms with van der Waals surface area (Å²) in [5, 5.41) is 14.6. The van der Waals surface area contributed by atoms with Crippen LogP contribution in [0.5, 0.6) is 5.75 Å². The number of benzene rings is 1. The molecule has 1 atom stereocenters. The Morgan fingerprint density at radius 1 is 1.44 bits per heavy atom. The van der Waals surface area contributed by atoms with Crippen LogP contribution in [0.2, 0.25) is 0 Å². The normalized spacial score (nSPS) is 11.7. The minimum absolute atomic E-state index is 0.0696. The highest BCUT2D eigenvalue weighted by Crippen LogP contribution is 2.22. The fourth-order valence-electron chi connectivity index (χ4n) is 1.38. The molecule has 0 aliphatic heterocycles. The number of hydrogen-bond acceptors (Lipinski definition) is 4. The van der Waals surface area contributed by atoms with E-state index in [-0.39, 0.29) is 25.0 Å². The zero-order valence-electron chi connectivity index (χ0n) is 10.8. The molecule has 0 aromatic heterocycles. The van der Waals surface area contributed by atoms with Gasteiger partial charge >= 0.3 is 0 Å². The Morgan fingerprint density at radius 3 is 2.83 bits per heavy atom. The van der Waals surface area contributed by atoms with Crippen molar-refractivity contribution in [3.05, 3.63) is 24.3 Å². The van der Waals surface area contributed by atoms with Gasteiger partial charge in [0, 0.05) is 13.2 Å². The molecule has 1 rings (SSSR count). The number of anilines is 1. The molecule has 0 heterocycles. The number of aliphatic hydroxyl groups excluding tert-OH is 1. The van der Waals surface area contributed by atoms with Gasteiger partial charge in [-0.05, 0) is 18.1 Å². The maximum absolute atomic E-state index is 11.5. The van der Waals surface area contributed by atoms with E-state index >= 15 is 0 Å². The first-order valence-corrected chi connectivity index (χ1v) is 5.91. The highest BCUT2D eigenvalue weighted by atomic mass is 16.5. The SMILES string of the molecule is COc1ccccc1NCC(=O)NCC(C)CO. The highest BCUT2D eigenvalue weighted by molar-refractivity contribution is 5.81. The van der Waals surface area contributed by atoms with Gasteiger partial charge in [0.1, 0.15) is 5.75 Å². The van der Waals surface area contributed by atoms with Crippen LogP contribution in [-0.4, -0.2) is 37.8 Å². The molecule has 0 saturated carbocycles. The third kappa shape index (κ3) is 4.63. The predicted molar refractivity (Wildman–Crippen MR) is 70.7 cm³/mol. The molecular weight excluding hydrogens is 232 g/mol. The van der Waals surface area contributed by atoms with Crippen molar-refractivity contribution < 1.29 is 14.6 Å². The number of ether oxygens (including phenoxy) is 1. The van der Waals surface area contributed by atoms with Crippen molar-refractivity contribution in [1.29, 1.82) is 0 Å². The van der Waals surface area contributed by atoms with Crippen molar-refractivity contribution >= 4 is 11.6 Å². The number of rotatable bonds is 7. The number of amides is 1. The molecule has 5 heteroatoms. The Balaban J connectivity index is 2.38. The summed E-state index contributed by atoms with van der Waals surface area (Å²) in [5.74, 6) is 0.662. The van der Waals surface area contributed by atoms with Crippen molar-refractivity contribution in [2.45, 2.75) is 6.92 Å². The van der Waals surface area contributed by atoms with Crippen molar-refractivity contribution in [3.63, 3.8) is 0 Å². The first-order chi connectivity index (χ1) is 8.67. The van der Waals surface area contributed by atoms with Crippen LogP contribution in [0, 0.1) is 5.92 Å². The molecule has 18 heavy (non-hydrogen) atoms. The van der Waals surface area contributed by atoms with Crippen LogP contribution in [0.15, 0.2) is 24.3 Å². The lowest BCUT2D eigenvalue weighted by Gasteiger charge is -2.12. The topological polar surface area (TPSA) is 70.6 Å². The van der Waals surface area contributed by atoms with Gasteiger partial charge in [-0.25, -0.2) is 0 Å². The molecule has 3 N–H and O–H groups in total. The summed E-state index contributed by atoms with van der Waals surface area (Å²) in [6.07, 6.45) is 0. The van der Waals surface area contributed by atoms with Gasteiger partial charge < -0.3 is 20.5 Å². The average molecular weight is 252 g/mol. The van der Waals surface area contributed by atoms with Crippen molar-refractivity contribution in [2.75, 3.05) is 32.1 Å². The zero-order valence-corrected chi connectivity index (χ0v) is 10.8. The molecule has 0 radical (unpaired) electrons. The molecular formula is C13H20N2O3. The van der Waals surface area contributed by atoms with E-state index < -0.39 is 0 Å². The Morgan fingerprint density at radius 2 is 2.17 bits per heavy atom. The smallest absolute Gasteiger partial charge is 0.239 e. The summed E-state index contributed by atoms with van der Waals surface area (Å²) in [4.78, 5) is 11.5. The van der Waals surface area contributed by atoms with Crippen LogP contribution in [0.1, 0.15) is 6.92 Å². The van der Waals surface area contributed by atoms with Crippen molar-refractivity contribution in [1.82, 2.24) is 5.32 Å². The van der Waals surface area contributed by atoms with E-state index in [1.807, 2.05) is 31.2 Å². The minimum atomic E-state index is -0.110. The summed E-state index contributed by atoms with van der Waals surface area (Å²) in [7, 11) is 1.59. The molecule has 1 amide bonds. The van der Waals surface area contributed by atoms with E-state index in [2.05, 4.69) is 10.6 Å². The number of carbonyl (C=O) groups excluding carboxylic acids is 1. The number of aliphatic hydroxyl groups is 1. The predicted octanol–water partition coefficient (Wildman–Crippen LogP) is 0.852. The average Bonchev–Trinajstić information content (AvgIpc) is 2.42. The molecule has 0 fully saturated rings. The lowest BCUT2D eigenvalue weighted by Crippen LogP contribution is -2.34. The largest absolute Gasteiger partial charge is 0.495 e. The third-order valence-electron chi connectivity index (χ3n) is 2.51. The van der Waals surface area contributed by atoms with Crippen molar-refractivity contribution in [2.24, 2.45) is 5.92 Å². The van der Waals surface area contributed by atoms with Gasteiger partial charge in [-0.3, -0.25) is 4.79 Å². The zero-order chi connectivity index (χ0) is 13.4. The quantitative estimate of drug-likeness (QED) is 0.673. The Hall–Kier alpha value is -1.75. The van der Waals surface area contributed by atoms with Gasteiger partial charge in [-0.2, -0.15) is 0 Å². The number of methoxy groups -OCH3 is 1. The standard InChI is InChI=1S/C13H20N2O3/c1-10(9-16)7-15-13(17)8-14-11-5-3-4-6-12(11)18-2/h3-6,10,14,16H,7-9H2,1-2H3,(H,15,17). The maximum Gasteiger partial charge on any atom is 0.239 e. The number of hydrogen-bond donors (Lipinski definition) is 3. The first kappa shape index (κ1) is 14.3. The fourth-order valence-corrected chi connectivity index (χ4v) is 1.38. The Labute approximate surface area is 107 Å². The summed E-state index contributed by atoms with van der Waals surface area (Å²) in [6, 6.07) is 7.42. The number of nitrogens with one attached hydrogen (secondary N) is 2. The van der Waals surface area contributed by atoms with Crippen LogP contribution in [0.3, 0.4) is 0 Å². The van der Waals surface area contributed by atoms with E-state index in [1.54, 1.807) is 7.11 Å². The Bertz CT molecular complexity index is 382. The van der Waals surface area contributed by atoms with Gasteiger partial charge in [0.2, 0.25) is 5.91 Å². The summed E-state index contributed by atoms with van der Waals surface area (Å²) in [6.45, 7) is 2.59. The summed E-state index contributed by atoms with van der Waals surface area (Å²) in [5.41, 5.74) is 0.783. The molecule has 1 aromatic rings. The maximum atomic E-state index is 11.5. The Kier molecular flexibility index (Phi) is 6.00. The molecule has 0 aliphatic carbocycles. The monoisotopic (exact) mass is 252 g/mol. The molecule has 100 valence electrons. The van der Waals surface area contributed by atoms with Crippen LogP contribution in [-0.2, 0) is 4.79 Å². The van der Waals surface area contributed by atoms with Crippen LogP contribution < -0.4 is 15.4 Å². The third-order valence-corrected chi connectivity index (χ3v) is 2.51. The fraction of sp³-hybridized carbons (Fsp3) is 0.462. The molecule has 1 unspecified atom stereocenters. The lowest BCUT2D eigenvalue weighted by molar-refractivity contribution is -0.119. The molecule has 0 bridgehead atoms. The van der Waals surface area contributed by atoms with Crippen LogP contribution in [0.25, 0.3) is 0 Å². The van der Waals surface area contributed by atoms with Crippen LogP contribution >= 0.6 is 0 Å². The molecule has 5 nitrogen and oxygen atoms in total. The van der Waals surface area contributed by atoms with Crippen molar-refractivity contribution in [3.8, 4) is 5.75 Å². The van der Waals surface area contributed by atoms with E-state index in [9.17, 15) is 4.79 Å². The summed E-state index contributed by atoms with van der Waals surface area (Å²) >= 11 is 0. The minimum Gasteiger partial charge on any atom is -0.495 e. The van der Waals surface area contributed by atoms with E-state index in [4.69, 9.17) is 9.84 Å². The van der Waals surface area contributed by atoms with E-state index in [1.165, 1.54) is 0 Å². The number of carbonyl (C=O) groups is 1. The van der Waals surface area contributed by atoms with E-state index in [0.29, 0.717) is 12.3 Å². The summed E-state index contributed by atoms with van der Waals surface area (Å²) < 4.78 is 5.17. The molecule has 0 saturated heterocycles. The lowest BCUT2D eigenvalue weighted by atomic mass is 10.2. The van der Waals surface area contributed by atoms with Gasteiger partial charge in [0.15, 0.2) is 0 Å². The van der Waals surface area contributed by atoms with Gasteiger partial charge in [-0.15, -0.1) is 0 Å². The molecule has 1 aromatic carbocycles. The van der Waals surface area contributed by atoms with E-state index in [0.717, 1.165) is 5.69 Å². The molecule has 0 aliphatic rings. The molecule has 0 spiro atoms. The number of para-hydroxylation sites is 2. The van der Waals surface area contributed by atoms with Gasteiger partial charge in [-0.1, -0.05) is 19.1 Å².